The van der Waals surface area contributed by atoms with Crippen molar-refractivity contribution >= 4 is 35.1 Å². The van der Waals surface area contributed by atoms with Crippen LogP contribution in [-0.4, -0.2) is 24.1 Å². The van der Waals surface area contributed by atoms with Crippen molar-refractivity contribution in [2.24, 2.45) is 5.92 Å². The van der Waals surface area contributed by atoms with E-state index in [0.717, 1.165) is 16.2 Å². The summed E-state index contributed by atoms with van der Waals surface area (Å²) in [6.45, 7) is 4.59. The Labute approximate surface area is 193 Å². The minimum absolute atomic E-state index is 0.204. The second-order valence-corrected chi connectivity index (χ2v) is 9.88. The summed E-state index contributed by atoms with van der Waals surface area (Å²) >= 11 is 2.87. The molecule has 1 atom stereocenters. The van der Waals surface area contributed by atoms with Gasteiger partial charge in [0.25, 0.3) is 0 Å². The number of benzene rings is 2. The molecule has 0 aromatic heterocycles. The number of carbonyl (C=O) groups is 2. The van der Waals surface area contributed by atoms with Crippen LogP contribution in [-0.2, 0) is 21.8 Å². The minimum Gasteiger partial charge on any atom is -0.296 e. The summed E-state index contributed by atoms with van der Waals surface area (Å²) in [7, 11) is 0. The van der Waals surface area contributed by atoms with Crippen LogP contribution in [0.25, 0.3) is 0 Å². The van der Waals surface area contributed by atoms with Gasteiger partial charge >= 0.3 is 0 Å². The average molecular weight is 456 g/mol. The van der Waals surface area contributed by atoms with Gasteiger partial charge in [0.1, 0.15) is 5.54 Å². The molecular weight excluding hydrogens is 426 g/mol. The largest absolute Gasteiger partial charge is 0.296 e. The maximum Gasteiger partial charge on any atom is 0.198 e. The Bertz CT molecular complexity index is 966. The number of fused-ring (bicyclic) bond motifs is 1. The minimum atomic E-state index is -1.10. The maximum absolute atomic E-state index is 14.0. The number of rotatable bonds is 9. The van der Waals surface area contributed by atoms with Crippen molar-refractivity contribution in [3.05, 3.63) is 81.1 Å². The Kier molecular flexibility index (Phi) is 8.17. The number of Topliss-reactive ketones (excluding diaryl/α,β-unsaturated/α-hetero) is 2. The fourth-order valence-corrected chi connectivity index (χ4v) is 5.27. The Hall–Kier alpha value is -1.86. The molecule has 0 saturated heterocycles. The monoisotopic (exact) mass is 455 g/mol. The number of hydrogen-bond acceptors (Lipinski definition) is 6. The summed E-state index contributed by atoms with van der Waals surface area (Å²) in [5.41, 5.74) is 4.58. The van der Waals surface area contributed by atoms with Crippen LogP contribution >= 0.6 is 23.5 Å². The SMILES string of the molecule is CSC(SC)=C1C(=O)c2ccccc2C(CCC(C)C)(NOCc2ccccc2)C1=O. The molecule has 164 valence electrons. The summed E-state index contributed by atoms with van der Waals surface area (Å²) in [6, 6.07) is 17.2. The lowest BCUT2D eigenvalue weighted by molar-refractivity contribution is -0.132. The van der Waals surface area contributed by atoms with Crippen LogP contribution in [0, 0.1) is 5.92 Å². The first-order chi connectivity index (χ1) is 14.9. The first-order valence-electron chi connectivity index (χ1n) is 10.4. The van der Waals surface area contributed by atoms with Crippen LogP contribution in [0.5, 0.6) is 0 Å². The highest BCUT2D eigenvalue weighted by Gasteiger charge is 2.50. The van der Waals surface area contributed by atoms with Crippen molar-refractivity contribution in [1.29, 1.82) is 0 Å². The molecule has 0 heterocycles. The molecular formula is C25H29NO3S2. The van der Waals surface area contributed by atoms with E-state index in [4.69, 9.17) is 4.84 Å². The summed E-state index contributed by atoms with van der Waals surface area (Å²) in [5, 5.41) is 0. The Balaban J connectivity index is 2.09. The van der Waals surface area contributed by atoms with Crippen LogP contribution in [0.15, 0.2) is 64.4 Å². The van der Waals surface area contributed by atoms with Gasteiger partial charge in [-0.1, -0.05) is 68.4 Å². The lowest BCUT2D eigenvalue weighted by Crippen LogP contribution is -2.54. The molecule has 3 rings (SSSR count). The van der Waals surface area contributed by atoms with E-state index in [-0.39, 0.29) is 17.1 Å². The molecule has 0 saturated carbocycles. The predicted octanol–water partition coefficient (Wildman–Crippen LogP) is 5.74. The molecule has 0 spiro atoms. The summed E-state index contributed by atoms with van der Waals surface area (Å²) in [5.74, 6) is -0.00803. The lowest BCUT2D eigenvalue weighted by Gasteiger charge is -2.39. The third kappa shape index (κ3) is 4.98. The number of hydroxylamine groups is 1. The fraction of sp³-hybridized carbons (Fsp3) is 0.360. The maximum atomic E-state index is 14.0. The van der Waals surface area contributed by atoms with Gasteiger partial charge in [0.05, 0.1) is 16.4 Å². The van der Waals surface area contributed by atoms with Gasteiger partial charge in [-0.15, -0.1) is 23.5 Å². The molecule has 31 heavy (non-hydrogen) atoms. The first kappa shape index (κ1) is 23.8. The highest BCUT2D eigenvalue weighted by molar-refractivity contribution is 8.21. The Morgan fingerprint density at radius 1 is 1.00 bits per heavy atom. The van der Waals surface area contributed by atoms with Crippen molar-refractivity contribution < 1.29 is 14.4 Å². The molecule has 1 aliphatic rings. The first-order valence-corrected chi connectivity index (χ1v) is 12.8. The molecule has 1 unspecified atom stereocenters. The van der Waals surface area contributed by atoms with Crippen LogP contribution in [0.2, 0.25) is 0 Å². The van der Waals surface area contributed by atoms with E-state index in [1.54, 1.807) is 0 Å². The zero-order valence-corrected chi connectivity index (χ0v) is 20.1. The molecule has 4 nitrogen and oxygen atoms in total. The van der Waals surface area contributed by atoms with Gasteiger partial charge < -0.3 is 0 Å². The highest BCUT2D eigenvalue weighted by atomic mass is 32.2. The number of carbonyl (C=O) groups excluding carboxylic acids is 2. The second-order valence-electron chi connectivity index (χ2n) is 7.99. The third-order valence-corrected chi connectivity index (χ3v) is 7.62. The van der Waals surface area contributed by atoms with E-state index in [0.29, 0.717) is 30.1 Å². The second kappa shape index (κ2) is 10.6. The van der Waals surface area contributed by atoms with E-state index in [1.165, 1.54) is 23.5 Å². The van der Waals surface area contributed by atoms with Gasteiger partial charge in [0.15, 0.2) is 11.6 Å². The molecule has 2 aromatic carbocycles. The lowest BCUT2D eigenvalue weighted by atomic mass is 9.70. The zero-order valence-electron chi connectivity index (χ0n) is 18.4. The summed E-state index contributed by atoms with van der Waals surface area (Å²) in [4.78, 5) is 33.3. The number of nitrogens with one attached hydrogen (secondary N) is 1. The topological polar surface area (TPSA) is 55.4 Å². The van der Waals surface area contributed by atoms with Gasteiger partial charge in [-0.2, -0.15) is 5.48 Å². The van der Waals surface area contributed by atoms with Crippen molar-refractivity contribution in [1.82, 2.24) is 5.48 Å². The molecule has 0 aliphatic heterocycles. The van der Waals surface area contributed by atoms with Crippen molar-refractivity contribution in [2.45, 2.75) is 38.8 Å². The Morgan fingerprint density at radius 2 is 1.65 bits per heavy atom. The van der Waals surface area contributed by atoms with E-state index < -0.39 is 5.54 Å². The predicted molar refractivity (Wildman–Crippen MR) is 130 cm³/mol. The average Bonchev–Trinajstić information content (AvgIpc) is 2.79. The van der Waals surface area contributed by atoms with Crippen LogP contribution in [0.3, 0.4) is 0 Å². The van der Waals surface area contributed by atoms with E-state index >= 15 is 0 Å². The quantitative estimate of drug-likeness (QED) is 0.295. The van der Waals surface area contributed by atoms with Crippen LogP contribution in [0.4, 0.5) is 0 Å². The number of thioether (sulfide) groups is 2. The van der Waals surface area contributed by atoms with E-state index in [9.17, 15) is 9.59 Å². The van der Waals surface area contributed by atoms with Crippen LogP contribution in [0.1, 0.15) is 48.2 Å². The molecule has 1 aliphatic carbocycles. The van der Waals surface area contributed by atoms with Gasteiger partial charge in [-0.05, 0) is 42.4 Å². The van der Waals surface area contributed by atoms with Crippen LogP contribution < -0.4 is 5.48 Å². The summed E-state index contributed by atoms with van der Waals surface area (Å²) in [6.07, 6.45) is 5.16. The normalized spacial score (nSPS) is 18.4. The van der Waals surface area contributed by atoms with Gasteiger partial charge in [0.2, 0.25) is 0 Å². The molecule has 0 fully saturated rings. The summed E-state index contributed by atoms with van der Waals surface area (Å²) < 4.78 is 0.739. The molecule has 0 radical (unpaired) electrons. The highest BCUT2D eigenvalue weighted by Crippen LogP contribution is 2.43. The molecule has 1 N–H and O–H groups in total. The van der Waals surface area contributed by atoms with Gasteiger partial charge in [-0.3, -0.25) is 14.4 Å². The van der Waals surface area contributed by atoms with Crippen molar-refractivity contribution in [3.63, 3.8) is 0 Å². The van der Waals surface area contributed by atoms with Crippen molar-refractivity contribution in [3.8, 4) is 0 Å². The van der Waals surface area contributed by atoms with Gasteiger partial charge in [0, 0.05) is 5.56 Å². The number of ketones is 2. The molecule has 0 bridgehead atoms. The number of hydrogen-bond donors (Lipinski definition) is 1. The zero-order chi connectivity index (χ0) is 22.4. The fourth-order valence-electron chi connectivity index (χ4n) is 3.82. The van der Waals surface area contributed by atoms with E-state index in [2.05, 4.69) is 19.3 Å². The van der Waals surface area contributed by atoms with Crippen molar-refractivity contribution in [2.75, 3.05) is 12.5 Å². The van der Waals surface area contributed by atoms with E-state index in [1.807, 2.05) is 67.1 Å². The standard InChI is InChI=1S/C25H29NO3S2/c1-17(2)14-15-25(26-29-16-18-10-6-5-7-11-18)20-13-9-8-12-19(20)22(27)21(23(25)28)24(30-3)31-4/h5-13,17,26H,14-16H2,1-4H3. The molecule has 6 heteroatoms. The smallest absolute Gasteiger partial charge is 0.198 e. The Morgan fingerprint density at radius 3 is 2.29 bits per heavy atom. The molecule has 2 aromatic rings. The third-order valence-electron chi connectivity index (χ3n) is 5.47. The van der Waals surface area contributed by atoms with Gasteiger partial charge in [-0.25, -0.2) is 0 Å². The molecule has 0 amide bonds.